The van der Waals surface area contributed by atoms with E-state index in [1.54, 1.807) is 0 Å². The molecule has 0 amide bonds. The molecule has 2 unspecified atom stereocenters. The molecular weight excluding hydrogens is 278 g/mol. The van der Waals surface area contributed by atoms with Gasteiger partial charge >= 0.3 is 0 Å². The van der Waals surface area contributed by atoms with Gasteiger partial charge in [-0.1, -0.05) is 34.1 Å². The minimum atomic E-state index is 0.396. The largest absolute Gasteiger partial charge is 0.381 e. The van der Waals surface area contributed by atoms with Gasteiger partial charge in [0.2, 0.25) is 0 Å². The number of hydrogen-bond acceptors (Lipinski definition) is 2. The van der Waals surface area contributed by atoms with Gasteiger partial charge in [0.05, 0.1) is 0 Å². The van der Waals surface area contributed by atoms with Crippen LogP contribution < -0.4 is 5.32 Å². The maximum absolute atomic E-state index is 5.38. The Kier molecular flexibility index (Phi) is 5.01. The van der Waals surface area contributed by atoms with Crippen LogP contribution in [0.1, 0.15) is 31.4 Å². The molecule has 0 saturated carbocycles. The van der Waals surface area contributed by atoms with E-state index in [1.165, 1.54) is 22.9 Å². The lowest BCUT2D eigenvalue weighted by molar-refractivity contribution is 0.184. The summed E-state index contributed by atoms with van der Waals surface area (Å²) in [5.41, 5.74) is 1.33. The van der Waals surface area contributed by atoms with Crippen molar-refractivity contribution in [2.24, 2.45) is 5.92 Å². The Morgan fingerprint density at radius 2 is 2.29 bits per heavy atom. The summed E-state index contributed by atoms with van der Waals surface area (Å²) in [7, 11) is 0. The fraction of sp³-hybridized carbons (Fsp3) is 0.571. The van der Waals surface area contributed by atoms with Gasteiger partial charge < -0.3 is 10.1 Å². The van der Waals surface area contributed by atoms with Gasteiger partial charge in [-0.3, -0.25) is 0 Å². The van der Waals surface area contributed by atoms with Crippen LogP contribution in [0.15, 0.2) is 28.7 Å². The fourth-order valence-electron chi connectivity index (χ4n) is 2.25. The molecule has 0 aromatic heterocycles. The molecular formula is C14H20BrNO. The Morgan fingerprint density at radius 1 is 1.47 bits per heavy atom. The molecule has 1 aliphatic rings. The van der Waals surface area contributed by atoms with Gasteiger partial charge in [0.1, 0.15) is 0 Å². The third-order valence-corrected chi connectivity index (χ3v) is 4.12. The van der Waals surface area contributed by atoms with Crippen molar-refractivity contribution in [3.8, 4) is 0 Å². The first kappa shape index (κ1) is 13.1. The Morgan fingerprint density at radius 3 is 3.00 bits per heavy atom. The van der Waals surface area contributed by atoms with Gasteiger partial charge in [0, 0.05) is 23.7 Å². The zero-order chi connectivity index (χ0) is 12.1. The number of benzene rings is 1. The normalized spacial score (nSPS) is 21.6. The Hall–Kier alpha value is -0.380. The van der Waals surface area contributed by atoms with Gasteiger partial charge in [-0.2, -0.15) is 0 Å². The van der Waals surface area contributed by atoms with Crippen LogP contribution >= 0.6 is 15.9 Å². The van der Waals surface area contributed by atoms with Crippen LogP contribution in [0.3, 0.4) is 0 Å². The van der Waals surface area contributed by atoms with Crippen molar-refractivity contribution < 1.29 is 4.74 Å². The van der Waals surface area contributed by atoms with Crippen molar-refractivity contribution in [1.82, 2.24) is 5.32 Å². The van der Waals surface area contributed by atoms with E-state index in [0.29, 0.717) is 6.04 Å². The molecule has 1 aromatic carbocycles. The summed E-state index contributed by atoms with van der Waals surface area (Å²) in [6.07, 6.45) is 2.44. The molecule has 94 valence electrons. The lowest BCUT2D eigenvalue weighted by Gasteiger charge is -2.17. The summed E-state index contributed by atoms with van der Waals surface area (Å²) >= 11 is 3.60. The second-order valence-electron chi connectivity index (χ2n) is 4.72. The Labute approximate surface area is 112 Å². The molecule has 2 rings (SSSR count). The molecule has 0 radical (unpaired) electrons. The van der Waals surface area contributed by atoms with E-state index in [4.69, 9.17) is 4.74 Å². The number of ether oxygens (including phenoxy) is 1. The summed E-state index contributed by atoms with van der Waals surface area (Å²) in [5.74, 6) is 0.758. The monoisotopic (exact) mass is 297 g/mol. The van der Waals surface area contributed by atoms with Gasteiger partial charge in [-0.05, 0) is 43.9 Å². The molecule has 2 atom stereocenters. The molecule has 1 aromatic rings. The molecule has 2 nitrogen and oxygen atoms in total. The molecule has 1 fully saturated rings. The molecule has 0 spiro atoms. The van der Waals surface area contributed by atoms with Crippen LogP contribution in [0.25, 0.3) is 0 Å². The number of hydrogen-bond donors (Lipinski definition) is 1. The predicted molar refractivity (Wildman–Crippen MR) is 74.1 cm³/mol. The van der Waals surface area contributed by atoms with E-state index < -0.39 is 0 Å². The van der Waals surface area contributed by atoms with Crippen LogP contribution in [0.5, 0.6) is 0 Å². The van der Waals surface area contributed by atoms with Gasteiger partial charge in [-0.25, -0.2) is 0 Å². The van der Waals surface area contributed by atoms with E-state index in [9.17, 15) is 0 Å². The highest BCUT2D eigenvalue weighted by atomic mass is 79.9. The number of halogens is 1. The first-order chi connectivity index (χ1) is 8.27. The lowest BCUT2D eigenvalue weighted by Crippen LogP contribution is -2.22. The van der Waals surface area contributed by atoms with Crippen molar-refractivity contribution in [2.75, 3.05) is 19.8 Å². The van der Waals surface area contributed by atoms with Crippen LogP contribution in [0.4, 0.5) is 0 Å². The zero-order valence-corrected chi connectivity index (χ0v) is 11.9. The van der Waals surface area contributed by atoms with Crippen molar-refractivity contribution in [2.45, 2.75) is 25.8 Å². The molecule has 1 heterocycles. The lowest BCUT2D eigenvalue weighted by atomic mass is 10.0. The summed E-state index contributed by atoms with van der Waals surface area (Å²) in [6, 6.07) is 8.80. The number of rotatable bonds is 5. The highest BCUT2D eigenvalue weighted by molar-refractivity contribution is 9.10. The van der Waals surface area contributed by atoms with Gasteiger partial charge in [0.25, 0.3) is 0 Å². The quantitative estimate of drug-likeness (QED) is 0.898. The summed E-state index contributed by atoms with van der Waals surface area (Å²) in [6.45, 7) is 5.18. The van der Waals surface area contributed by atoms with Gasteiger partial charge in [-0.15, -0.1) is 0 Å². The van der Waals surface area contributed by atoms with E-state index >= 15 is 0 Å². The molecule has 0 aliphatic carbocycles. The van der Waals surface area contributed by atoms with E-state index in [-0.39, 0.29) is 0 Å². The highest BCUT2D eigenvalue weighted by Gasteiger charge is 2.15. The van der Waals surface area contributed by atoms with Crippen LogP contribution in [0.2, 0.25) is 0 Å². The summed E-state index contributed by atoms with van der Waals surface area (Å²) in [5, 5.41) is 3.58. The Balaban J connectivity index is 1.77. The fourth-order valence-corrected chi connectivity index (χ4v) is 2.88. The summed E-state index contributed by atoms with van der Waals surface area (Å²) in [4.78, 5) is 0. The standard InChI is InChI=1S/C14H20BrNO/c1-11(13-4-2-3-5-14(13)15)16-8-6-12-7-9-17-10-12/h2-5,11-12,16H,6-10H2,1H3. The van der Waals surface area contributed by atoms with Gasteiger partial charge in [0.15, 0.2) is 0 Å². The third kappa shape index (κ3) is 3.80. The average molecular weight is 298 g/mol. The second kappa shape index (κ2) is 6.53. The van der Waals surface area contributed by atoms with Crippen LogP contribution in [0, 0.1) is 5.92 Å². The number of nitrogens with one attached hydrogen (secondary N) is 1. The maximum atomic E-state index is 5.38. The van der Waals surface area contributed by atoms with Crippen LogP contribution in [-0.4, -0.2) is 19.8 Å². The summed E-state index contributed by atoms with van der Waals surface area (Å²) < 4.78 is 6.57. The van der Waals surface area contributed by atoms with E-state index in [1.807, 2.05) is 0 Å². The van der Waals surface area contributed by atoms with Crippen molar-refractivity contribution in [3.63, 3.8) is 0 Å². The maximum Gasteiger partial charge on any atom is 0.0495 e. The minimum Gasteiger partial charge on any atom is -0.381 e. The Bertz CT molecular complexity index is 350. The molecule has 0 bridgehead atoms. The average Bonchev–Trinajstić information content (AvgIpc) is 2.82. The van der Waals surface area contributed by atoms with E-state index in [2.05, 4.69) is 52.4 Å². The third-order valence-electron chi connectivity index (χ3n) is 3.40. The first-order valence-electron chi connectivity index (χ1n) is 6.33. The SMILES string of the molecule is CC(NCCC1CCOC1)c1ccccc1Br. The van der Waals surface area contributed by atoms with Crippen molar-refractivity contribution in [1.29, 1.82) is 0 Å². The molecule has 3 heteroatoms. The predicted octanol–water partition coefficient (Wildman–Crippen LogP) is 3.53. The molecule has 17 heavy (non-hydrogen) atoms. The topological polar surface area (TPSA) is 21.3 Å². The molecule has 1 saturated heterocycles. The van der Waals surface area contributed by atoms with E-state index in [0.717, 1.165) is 25.7 Å². The van der Waals surface area contributed by atoms with Crippen molar-refractivity contribution in [3.05, 3.63) is 34.3 Å². The highest BCUT2D eigenvalue weighted by Crippen LogP contribution is 2.23. The molecule has 1 aliphatic heterocycles. The van der Waals surface area contributed by atoms with Crippen LogP contribution in [-0.2, 0) is 4.74 Å². The molecule has 1 N–H and O–H groups in total. The minimum absolute atomic E-state index is 0.396. The van der Waals surface area contributed by atoms with Crippen molar-refractivity contribution >= 4 is 15.9 Å². The second-order valence-corrected chi connectivity index (χ2v) is 5.57. The zero-order valence-electron chi connectivity index (χ0n) is 10.3. The first-order valence-corrected chi connectivity index (χ1v) is 7.12. The smallest absolute Gasteiger partial charge is 0.0495 e.